The van der Waals surface area contributed by atoms with E-state index in [1.54, 1.807) is 13.8 Å². The van der Waals surface area contributed by atoms with E-state index in [0.29, 0.717) is 0 Å². The first kappa shape index (κ1) is 22.3. The van der Waals surface area contributed by atoms with E-state index in [-0.39, 0.29) is 12.3 Å². The van der Waals surface area contributed by atoms with E-state index in [1.165, 1.54) is 12.1 Å². The SMILES string of the molecule is CC(C)C[C@H](NC(=O)CNC(=O)COc1ccccc1C(F)(F)F)C(=O)O. The smallest absolute Gasteiger partial charge is 0.419 e. The third-order valence-electron chi connectivity index (χ3n) is 3.34. The van der Waals surface area contributed by atoms with Crippen molar-refractivity contribution in [1.29, 1.82) is 0 Å². The Morgan fingerprint density at radius 1 is 1.15 bits per heavy atom. The lowest BCUT2D eigenvalue weighted by Gasteiger charge is -2.17. The lowest BCUT2D eigenvalue weighted by atomic mass is 10.0. The minimum Gasteiger partial charge on any atom is -0.483 e. The second-order valence-electron chi connectivity index (χ2n) is 6.15. The zero-order valence-corrected chi connectivity index (χ0v) is 14.8. The fourth-order valence-corrected chi connectivity index (χ4v) is 2.14. The summed E-state index contributed by atoms with van der Waals surface area (Å²) in [6.07, 6.45) is -4.42. The van der Waals surface area contributed by atoms with Gasteiger partial charge in [0.25, 0.3) is 5.91 Å². The Labute approximate surface area is 153 Å². The number of amides is 2. The minimum atomic E-state index is -4.63. The number of carboxylic acid groups (broad SMARTS) is 1. The number of rotatable bonds is 9. The Morgan fingerprint density at radius 3 is 2.33 bits per heavy atom. The van der Waals surface area contributed by atoms with Crippen molar-refractivity contribution >= 4 is 17.8 Å². The van der Waals surface area contributed by atoms with Crippen LogP contribution in [0.1, 0.15) is 25.8 Å². The van der Waals surface area contributed by atoms with Crippen molar-refractivity contribution in [3.8, 4) is 5.75 Å². The normalized spacial score (nSPS) is 12.4. The molecule has 0 aliphatic rings. The van der Waals surface area contributed by atoms with Gasteiger partial charge in [0, 0.05) is 0 Å². The number of hydrogen-bond donors (Lipinski definition) is 3. The molecule has 0 unspecified atom stereocenters. The maximum Gasteiger partial charge on any atom is 0.419 e. The molecule has 1 aromatic rings. The maximum absolute atomic E-state index is 12.8. The van der Waals surface area contributed by atoms with E-state index in [9.17, 15) is 27.6 Å². The van der Waals surface area contributed by atoms with Crippen molar-refractivity contribution in [2.45, 2.75) is 32.5 Å². The summed E-state index contributed by atoms with van der Waals surface area (Å²) in [5.74, 6) is -3.23. The fraction of sp³-hybridized carbons (Fsp3) is 0.471. The van der Waals surface area contributed by atoms with Crippen LogP contribution in [0.4, 0.5) is 13.2 Å². The van der Waals surface area contributed by atoms with Gasteiger partial charge in [0.2, 0.25) is 5.91 Å². The molecule has 7 nitrogen and oxygen atoms in total. The highest BCUT2D eigenvalue weighted by atomic mass is 19.4. The van der Waals surface area contributed by atoms with E-state index in [4.69, 9.17) is 9.84 Å². The molecule has 0 bridgehead atoms. The van der Waals surface area contributed by atoms with Crippen LogP contribution in [0.3, 0.4) is 0 Å². The molecular weight excluding hydrogens is 369 g/mol. The van der Waals surface area contributed by atoms with Gasteiger partial charge in [-0.15, -0.1) is 0 Å². The van der Waals surface area contributed by atoms with Gasteiger partial charge in [-0.05, 0) is 24.5 Å². The quantitative estimate of drug-likeness (QED) is 0.597. The average molecular weight is 390 g/mol. The van der Waals surface area contributed by atoms with Crippen LogP contribution in [0.25, 0.3) is 0 Å². The molecule has 1 atom stereocenters. The van der Waals surface area contributed by atoms with Crippen LogP contribution in [-0.4, -0.2) is 42.1 Å². The number of carboxylic acids is 1. The number of halogens is 3. The number of ether oxygens (including phenoxy) is 1. The summed E-state index contributed by atoms with van der Waals surface area (Å²) >= 11 is 0. The van der Waals surface area contributed by atoms with Crippen LogP contribution >= 0.6 is 0 Å². The van der Waals surface area contributed by atoms with Gasteiger partial charge in [0.1, 0.15) is 11.8 Å². The van der Waals surface area contributed by atoms with Gasteiger partial charge in [-0.3, -0.25) is 9.59 Å². The van der Waals surface area contributed by atoms with Crippen molar-refractivity contribution in [3.63, 3.8) is 0 Å². The number of carbonyl (C=O) groups excluding carboxylic acids is 2. The predicted molar refractivity (Wildman–Crippen MR) is 89.0 cm³/mol. The Balaban J connectivity index is 2.50. The molecule has 0 radical (unpaired) electrons. The highest BCUT2D eigenvalue weighted by molar-refractivity contribution is 5.88. The maximum atomic E-state index is 12.8. The number of benzene rings is 1. The molecule has 150 valence electrons. The van der Waals surface area contributed by atoms with Gasteiger partial charge >= 0.3 is 12.1 Å². The number of carbonyl (C=O) groups is 3. The van der Waals surface area contributed by atoms with Crippen LogP contribution < -0.4 is 15.4 Å². The molecule has 0 saturated carbocycles. The first-order chi connectivity index (χ1) is 12.5. The van der Waals surface area contributed by atoms with E-state index in [1.807, 2.05) is 0 Å². The molecule has 0 spiro atoms. The molecule has 3 N–H and O–H groups in total. The van der Waals surface area contributed by atoms with Crippen LogP contribution in [0.2, 0.25) is 0 Å². The number of hydrogen-bond acceptors (Lipinski definition) is 4. The van der Waals surface area contributed by atoms with Crippen LogP contribution in [0.15, 0.2) is 24.3 Å². The zero-order valence-electron chi connectivity index (χ0n) is 14.8. The standard InChI is InChI=1S/C17H21F3N2O5/c1-10(2)7-12(16(25)26)22-14(23)8-21-15(24)9-27-13-6-4-3-5-11(13)17(18,19)20/h3-6,10,12H,7-9H2,1-2H3,(H,21,24)(H,22,23)(H,25,26)/t12-/m0/s1. The van der Waals surface area contributed by atoms with E-state index < -0.39 is 54.5 Å². The Hall–Kier alpha value is -2.78. The van der Waals surface area contributed by atoms with E-state index >= 15 is 0 Å². The molecule has 0 aromatic heterocycles. The molecule has 0 aliphatic heterocycles. The molecule has 27 heavy (non-hydrogen) atoms. The number of nitrogens with one attached hydrogen (secondary N) is 2. The van der Waals surface area contributed by atoms with Crippen molar-refractivity contribution < 1.29 is 37.4 Å². The number of aliphatic carboxylic acids is 1. The average Bonchev–Trinajstić information content (AvgIpc) is 2.56. The summed E-state index contributed by atoms with van der Waals surface area (Å²) < 4.78 is 43.3. The lowest BCUT2D eigenvalue weighted by molar-refractivity contribution is -0.142. The van der Waals surface area contributed by atoms with E-state index in [2.05, 4.69) is 10.6 Å². The molecule has 1 rings (SSSR count). The van der Waals surface area contributed by atoms with Gasteiger partial charge in [0.15, 0.2) is 6.61 Å². The Bertz CT molecular complexity index is 677. The zero-order chi connectivity index (χ0) is 20.6. The first-order valence-corrected chi connectivity index (χ1v) is 8.08. The van der Waals surface area contributed by atoms with Gasteiger partial charge in [-0.25, -0.2) is 4.79 Å². The predicted octanol–water partition coefficient (Wildman–Crippen LogP) is 1.82. The topological polar surface area (TPSA) is 105 Å². The third-order valence-corrected chi connectivity index (χ3v) is 3.34. The summed E-state index contributed by atoms with van der Waals surface area (Å²) in [4.78, 5) is 34.5. The minimum absolute atomic E-state index is 0.0306. The molecular formula is C17H21F3N2O5. The highest BCUT2D eigenvalue weighted by Gasteiger charge is 2.34. The molecule has 10 heteroatoms. The van der Waals surface area contributed by atoms with Gasteiger partial charge < -0.3 is 20.5 Å². The fourth-order valence-electron chi connectivity index (χ4n) is 2.14. The molecule has 0 aliphatic carbocycles. The molecule has 0 fully saturated rings. The first-order valence-electron chi connectivity index (χ1n) is 8.08. The lowest BCUT2D eigenvalue weighted by Crippen LogP contribution is -2.46. The third kappa shape index (κ3) is 7.97. The Kier molecular flexibility index (Phi) is 8.07. The van der Waals surface area contributed by atoms with Crippen LogP contribution in [0.5, 0.6) is 5.75 Å². The van der Waals surface area contributed by atoms with Crippen molar-refractivity contribution in [3.05, 3.63) is 29.8 Å². The van der Waals surface area contributed by atoms with Gasteiger partial charge in [-0.1, -0.05) is 26.0 Å². The monoisotopic (exact) mass is 390 g/mol. The molecule has 0 saturated heterocycles. The number of alkyl halides is 3. The summed E-state index contributed by atoms with van der Waals surface area (Å²) in [5.41, 5.74) is -1.02. The van der Waals surface area contributed by atoms with E-state index in [0.717, 1.165) is 12.1 Å². The summed E-state index contributed by atoms with van der Waals surface area (Å²) in [6, 6.07) is 3.32. The van der Waals surface area contributed by atoms with Crippen LogP contribution in [-0.2, 0) is 20.6 Å². The molecule has 2 amide bonds. The largest absolute Gasteiger partial charge is 0.483 e. The van der Waals surface area contributed by atoms with Gasteiger partial charge in [0.05, 0.1) is 12.1 Å². The number of para-hydroxylation sites is 1. The van der Waals surface area contributed by atoms with Crippen LogP contribution in [0, 0.1) is 5.92 Å². The highest BCUT2D eigenvalue weighted by Crippen LogP contribution is 2.35. The Morgan fingerprint density at radius 2 is 1.78 bits per heavy atom. The van der Waals surface area contributed by atoms with Crippen molar-refractivity contribution in [2.24, 2.45) is 5.92 Å². The van der Waals surface area contributed by atoms with Crippen molar-refractivity contribution in [1.82, 2.24) is 10.6 Å². The molecule has 0 heterocycles. The summed E-state index contributed by atoms with van der Waals surface area (Å²) in [6.45, 7) is 2.33. The second-order valence-corrected chi connectivity index (χ2v) is 6.15. The van der Waals surface area contributed by atoms with Crippen molar-refractivity contribution in [2.75, 3.05) is 13.2 Å². The second kappa shape index (κ2) is 9.79. The summed E-state index contributed by atoms with van der Waals surface area (Å²) in [5, 5.41) is 13.5. The summed E-state index contributed by atoms with van der Waals surface area (Å²) in [7, 11) is 0. The molecule has 1 aromatic carbocycles. The van der Waals surface area contributed by atoms with Gasteiger partial charge in [-0.2, -0.15) is 13.2 Å².